The summed E-state index contributed by atoms with van der Waals surface area (Å²) >= 11 is 6.11. The number of para-hydroxylation sites is 1. The van der Waals surface area contributed by atoms with Crippen LogP contribution in [0.3, 0.4) is 0 Å². The van der Waals surface area contributed by atoms with Crippen molar-refractivity contribution < 1.29 is 14.3 Å². The van der Waals surface area contributed by atoms with Gasteiger partial charge in [-0.1, -0.05) is 23.7 Å². The van der Waals surface area contributed by atoms with Crippen LogP contribution < -0.4 is 5.32 Å². The number of benzene rings is 1. The van der Waals surface area contributed by atoms with Gasteiger partial charge in [0.05, 0.1) is 29.5 Å². The predicted octanol–water partition coefficient (Wildman–Crippen LogP) is 2.94. The SMILES string of the molecule is O=C(CN(CC1CCCO1)CC1CCCO1)Nc1ccccc1Cl. The van der Waals surface area contributed by atoms with Crippen LogP contribution in [0.2, 0.25) is 5.02 Å². The third-order valence-corrected chi connectivity index (χ3v) is 4.82. The number of amides is 1. The quantitative estimate of drug-likeness (QED) is 0.819. The molecule has 6 heteroatoms. The normalized spacial score (nSPS) is 23.8. The summed E-state index contributed by atoms with van der Waals surface area (Å²) in [6, 6.07) is 7.29. The summed E-state index contributed by atoms with van der Waals surface area (Å²) in [5.41, 5.74) is 0.651. The van der Waals surface area contributed by atoms with Crippen LogP contribution in [0, 0.1) is 0 Å². The summed E-state index contributed by atoms with van der Waals surface area (Å²) in [5.74, 6) is -0.0564. The van der Waals surface area contributed by atoms with Crippen molar-refractivity contribution in [3.63, 3.8) is 0 Å². The van der Waals surface area contributed by atoms with E-state index in [0.717, 1.165) is 52.0 Å². The van der Waals surface area contributed by atoms with Gasteiger partial charge in [0.2, 0.25) is 5.91 Å². The third kappa shape index (κ3) is 5.18. The van der Waals surface area contributed by atoms with Crippen molar-refractivity contribution >= 4 is 23.2 Å². The standard InChI is InChI=1S/C18H25ClN2O3/c19-16-7-1-2-8-17(16)20-18(22)13-21(11-14-5-3-9-23-14)12-15-6-4-10-24-15/h1-2,7-8,14-15H,3-6,9-13H2,(H,20,22). The lowest BCUT2D eigenvalue weighted by atomic mass is 10.2. The first-order valence-corrected chi connectivity index (χ1v) is 9.08. The van der Waals surface area contributed by atoms with E-state index in [1.54, 1.807) is 6.07 Å². The molecule has 2 aliphatic rings. The molecule has 24 heavy (non-hydrogen) atoms. The highest BCUT2D eigenvalue weighted by Crippen LogP contribution is 2.21. The van der Waals surface area contributed by atoms with E-state index in [9.17, 15) is 4.79 Å². The van der Waals surface area contributed by atoms with E-state index in [4.69, 9.17) is 21.1 Å². The minimum absolute atomic E-state index is 0.0564. The number of halogens is 1. The van der Waals surface area contributed by atoms with E-state index in [1.165, 1.54) is 0 Å². The molecule has 1 aromatic carbocycles. The zero-order valence-electron chi connectivity index (χ0n) is 13.9. The number of carbonyl (C=O) groups excluding carboxylic acids is 1. The Balaban J connectivity index is 1.56. The molecule has 1 amide bonds. The Morgan fingerprint density at radius 3 is 2.29 bits per heavy atom. The average molecular weight is 353 g/mol. The van der Waals surface area contributed by atoms with Crippen LogP contribution in [0.15, 0.2) is 24.3 Å². The maximum absolute atomic E-state index is 12.4. The largest absolute Gasteiger partial charge is 0.377 e. The Hall–Kier alpha value is -1.14. The lowest BCUT2D eigenvalue weighted by Gasteiger charge is -2.27. The molecule has 0 radical (unpaired) electrons. The zero-order chi connectivity index (χ0) is 16.8. The second-order valence-corrected chi connectivity index (χ2v) is 6.90. The Morgan fingerprint density at radius 2 is 1.75 bits per heavy atom. The highest BCUT2D eigenvalue weighted by Gasteiger charge is 2.25. The Bertz CT molecular complexity index is 525. The molecular weight excluding hydrogens is 328 g/mol. The summed E-state index contributed by atoms with van der Waals surface area (Å²) in [6.07, 6.45) is 4.77. The van der Waals surface area contributed by atoms with E-state index in [0.29, 0.717) is 17.3 Å². The van der Waals surface area contributed by atoms with Crippen LogP contribution in [0.4, 0.5) is 5.69 Å². The Morgan fingerprint density at radius 1 is 1.12 bits per heavy atom. The van der Waals surface area contributed by atoms with Crippen LogP contribution >= 0.6 is 11.6 Å². The fourth-order valence-electron chi connectivity index (χ4n) is 3.31. The van der Waals surface area contributed by atoms with E-state index in [2.05, 4.69) is 10.2 Å². The number of rotatable bonds is 7. The van der Waals surface area contributed by atoms with Gasteiger partial charge in [-0.15, -0.1) is 0 Å². The summed E-state index contributed by atoms with van der Waals surface area (Å²) < 4.78 is 11.5. The monoisotopic (exact) mass is 352 g/mol. The number of nitrogens with one attached hydrogen (secondary N) is 1. The fraction of sp³-hybridized carbons (Fsp3) is 0.611. The lowest BCUT2D eigenvalue weighted by Crippen LogP contribution is -2.42. The number of anilines is 1. The second kappa shape index (κ2) is 8.81. The van der Waals surface area contributed by atoms with Gasteiger partial charge in [0.15, 0.2) is 0 Å². The maximum Gasteiger partial charge on any atom is 0.238 e. The van der Waals surface area contributed by atoms with Crippen LogP contribution in [-0.2, 0) is 14.3 Å². The van der Waals surface area contributed by atoms with Gasteiger partial charge < -0.3 is 14.8 Å². The molecule has 0 spiro atoms. The molecular formula is C18H25ClN2O3. The second-order valence-electron chi connectivity index (χ2n) is 6.49. The number of nitrogens with zero attached hydrogens (tertiary/aromatic N) is 1. The minimum Gasteiger partial charge on any atom is -0.377 e. The summed E-state index contributed by atoms with van der Waals surface area (Å²) in [7, 11) is 0. The van der Waals surface area contributed by atoms with Crippen LogP contribution in [0.25, 0.3) is 0 Å². The van der Waals surface area contributed by atoms with E-state index in [-0.39, 0.29) is 18.1 Å². The summed E-state index contributed by atoms with van der Waals surface area (Å²) in [6.45, 7) is 3.52. The molecule has 1 N–H and O–H groups in total. The molecule has 3 rings (SSSR count). The van der Waals surface area contributed by atoms with Crippen LogP contribution in [0.5, 0.6) is 0 Å². The first kappa shape index (κ1) is 17.7. The zero-order valence-corrected chi connectivity index (χ0v) is 14.6. The molecule has 2 saturated heterocycles. The molecule has 2 fully saturated rings. The van der Waals surface area contributed by atoms with Gasteiger partial charge in [0.25, 0.3) is 0 Å². The first-order valence-electron chi connectivity index (χ1n) is 8.70. The lowest BCUT2D eigenvalue weighted by molar-refractivity contribution is -0.118. The van der Waals surface area contributed by atoms with Crippen molar-refractivity contribution in [3.05, 3.63) is 29.3 Å². The number of carbonyl (C=O) groups is 1. The minimum atomic E-state index is -0.0564. The van der Waals surface area contributed by atoms with E-state index in [1.807, 2.05) is 18.2 Å². The summed E-state index contributed by atoms with van der Waals surface area (Å²) in [4.78, 5) is 14.6. The third-order valence-electron chi connectivity index (χ3n) is 4.49. The van der Waals surface area contributed by atoms with E-state index < -0.39 is 0 Å². The van der Waals surface area contributed by atoms with Gasteiger partial charge in [-0.25, -0.2) is 0 Å². The molecule has 0 bridgehead atoms. The van der Waals surface area contributed by atoms with Crippen molar-refractivity contribution in [2.75, 3.05) is 38.2 Å². The highest BCUT2D eigenvalue weighted by molar-refractivity contribution is 6.33. The summed E-state index contributed by atoms with van der Waals surface area (Å²) in [5, 5.41) is 3.45. The van der Waals surface area contributed by atoms with E-state index >= 15 is 0 Å². The molecule has 2 atom stereocenters. The van der Waals surface area contributed by atoms with Crippen molar-refractivity contribution in [3.8, 4) is 0 Å². The molecule has 2 aliphatic heterocycles. The number of hydrogen-bond donors (Lipinski definition) is 1. The molecule has 132 valence electrons. The maximum atomic E-state index is 12.4. The first-order chi connectivity index (χ1) is 11.7. The molecule has 2 unspecified atom stereocenters. The van der Waals surface area contributed by atoms with Crippen LogP contribution in [-0.4, -0.2) is 55.9 Å². The molecule has 1 aromatic rings. The van der Waals surface area contributed by atoms with Gasteiger partial charge in [-0.2, -0.15) is 0 Å². The Labute approximate surface area is 148 Å². The molecule has 0 saturated carbocycles. The fourth-order valence-corrected chi connectivity index (χ4v) is 3.49. The van der Waals surface area contributed by atoms with Gasteiger partial charge in [0, 0.05) is 26.3 Å². The van der Waals surface area contributed by atoms with Crippen molar-refractivity contribution in [1.29, 1.82) is 0 Å². The smallest absolute Gasteiger partial charge is 0.238 e. The molecule has 0 aromatic heterocycles. The highest BCUT2D eigenvalue weighted by atomic mass is 35.5. The number of ether oxygens (including phenoxy) is 2. The van der Waals surface area contributed by atoms with Gasteiger partial charge >= 0.3 is 0 Å². The van der Waals surface area contributed by atoms with Gasteiger partial charge in [-0.05, 0) is 37.8 Å². The van der Waals surface area contributed by atoms with Crippen molar-refractivity contribution in [1.82, 2.24) is 4.90 Å². The molecule has 5 nitrogen and oxygen atoms in total. The molecule has 0 aliphatic carbocycles. The van der Waals surface area contributed by atoms with Crippen molar-refractivity contribution in [2.24, 2.45) is 0 Å². The predicted molar refractivity (Wildman–Crippen MR) is 94.5 cm³/mol. The van der Waals surface area contributed by atoms with Crippen LogP contribution in [0.1, 0.15) is 25.7 Å². The Kier molecular flexibility index (Phi) is 6.49. The van der Waals surface area contributed by atoms with Crippen molar-refractivity contribution in [2.45, 2.75) is 37.9 Å². The number of hydrogen-bond acceptors (Lipinski definition) is 4. The molecule has 2 heterocycles. The topological polar surface area (TPSA) is 50.8 Å². The van der Waals surface area contributed by atoms with Gasteiger partial charge in [-0.3, -0.25) is 9.69 Å². The average Bonchev–Trinajstić information content (AvgIpc) is 3.23. The van der Waals surface area contributed by atoms with Gasteiger partial charge in [0.1, 0.15) is 0 Å².